The molecule has 0 aliphatic rings. The van der Waals surface area contributed by atoms with Gasteiger partial charge in [0.1, 0.15) is 6.04 Å². The summed E-state index contributed by atoms with van der Waals surface area (Å²) in [6, 6.07) is 8.23. The van der Waals surface area contributed by atoms with Crippen molar-refractivity contribution in [2.45, 2.75) is 12.6 Å². The first-order chi connectivity index (χ1) is 9.08. The molecule has 1 aromatic carbocycles. The van der Waals surface area contributed by atoms with Crippen molar-refractivity contribution in [1.82, 2.24) is 5.32 Å². The maximum absolute atomic E-state index is 11.4. The normalized spacial score (nSPS) is 12.3. The van der Waals surface area contributed by atoms with E-state index in [0.29, 0.717) is 21.6 Å². The average Bonchev–Trinajstić information content (AvgIpc) is 2.84. The number of hydrogen-bond acceptors (Lipinski definition) is 3. The number of thiophene rings is 1. The van der Waals surface area contributed by atoms with E-state index in [1.807, 2.05) is 17.5 Å². The largest absolute Gasteiger partial charge is 0.480 e. The molecule has 0 amide bonds. The summed E-state index contributed by atoms with van der Waals surface area (Å²) in [4.78, 5) is 12.5. The van der Waals surface area contributed by atoms with Crippen LogP contribution in [0.2, 0.25) is 5.02 Å². The number of benzene rings is 1. The van der Waals surface area contributed by atoms with Crippen LogP contribution < -0.4 is 5.32 Å². The highest BCUT2D eigenvalue weighted by Gasteiger charge is 2.21. The molecule has 0 fully saturated rings. The second kappa shape index (κ2) is 6.52. The SMILES string of the molecule is O=C(O)C(NCc1cccs1)c1ccc(Cl)cc1Br. The van der Waals surface area contributed by atoms with E-state index in [-0.39, 0.29) is 0 Å². The summed E-state index contributed by atoms with van der Waals surface area (Å²) < 4.78 is 0.686. The zero-order valence-corrected chi connectivity index (χ0v) is 12.9. The van der Waals surface area contributed by atoms with Crippen LogP contribution in [0.3, 0.4) is 0 Å². The molecule has 3 nitrogen and oxygen atoms in total. The Morgan fingerprint density at radius 3 is 2.84 bits per heavy atom. The Balaban J connectivity index is 2.17. The highest BCUT2D eigenvalue weighted by atomic mass is 79.9. The second-order valence-electron chi connectivity index (χ2n) is 3.90. The van der Waals surface area contributed by atoms with Gasteiger partial charge >= 0.3 is 5.97 Å². The summed E-state index contributed by atoms with van der Waals surface area (Å²) in [5.74, 6) is -0.917. The topological polar surface area (TPSA) is 49.3 Å². The first-order valence-electron chi connectivity index (χ1n) is 5.51. The minimum atomic E-state index is -0.917. The van der Waals surface area contributed by atoms with E-state index in [1.54, 1.807) is 29.5 Å². The predicted octanol–water partition coefficient (Wildman–Crippen LogP) is 4.08. The summed E-state index contributed by atoms with van der Waals surface area (Å²) >= 11 is 10.8. The fourth-order valence-electron chi connectivity index (χ4n) is 1.68. The molecule has 0 aliphatic carbocycles. The molecule has 2 N–H and O–H groups in total. The molecule has 100 valence electrons. The highest BCUT2D eigenvalue weighted by Crippen LogP contribution is 2.27. The highest BCUT2D eigenvalue weighted by molar-refractivity contribution is 9.10. The molecule has 1 atom stereocenters. The standard InChI is InChI=1S/C13H11BrClNO2S/c14-11-6-8(15)3-4-10(11)12(13(17)18)16-7-9-2-1-5-19-9/h1-6,12,16H,7H2,(H,17,18). The first-order valence-corrected chi connectivity index (χ1v) is 7.56. The molecular formula is C13H11BrClNO2S. The van der Waals surface area contributed by atoms with Gasteiger partial charge in [-0.05, 0) is 29.1 Å². The van der Waals surface area contributed by atoms with Gasteiger partial charge in [0.05, 0.1) is 0 Å². The lowest BCUT2D eigenvalue weighted by Crippen LogP contribution is -2.28. The number of hydrogen-bond donors (Lipinski definition) is 2. The molecule has 2 aromatic rings. The van der Waals surface area contributed by atoms with Crippen molar-refractivity contribution in [2.75, 3.05) is 0 Å². The molecule has 0 saturated carbocycles. The maximum Gasteiger partial charge on any atom is 0.325 e. The van der Waals surface area contributed by atoms with Gasteiger partial charge in [-0.25, -0.2) is 0 Å². The summed E-state index contributed by atoms with van der Waals surface area (Å²) in [6.45, 7) is 0.518. The van der Waals surface area contributed by atoms with Gasteiger partial charge in [-0.1, -0.05) is 39.7 Å². The van der Waals surface area contributed by atoms with Crippen LogP contribution in [-0.4, -0.2) is 11.1 Å². The quantitative estimate of drug-likeness (QED) is 0.844. The Kier molecular flexibility index (Phi) is 4.99. The Bertz CT molecular complexity index is 574. The Morgan fingerprint density at radius 2 is 2.26 bits per heavy atom. The predicted molar refractivity (Wildman–Crippen MR) is 80.7 cm³/mol. The minimum Gasteiger partial charge on any atom is -0.480 e. The molecule has 2 rings (SSSR count). The molecule has 0 saturated heterocycles. The van der Waals surface area contributed by atoms with Crippen molar-refractivity contribution in [3.63, 3.8) is 0 Å². The third-order valence-corrected chi connectivity index (χ3v) is 4.38. The van der Waals surface area contributed by atoms with Crippen molar-refractivity contribution in [3.8, 4) is 0 Å². The van der Waals surface area contributed by atoms with Gasteiger partial charge in [-0.15, -0.1) is 11.3 Å². The number of halogens is 2. The zero-order valence-electron chi connectivity index (χ0n) is 9.77. The Morgan fingerprint density at radius 1 is 1.47 bits per heavy atom. The molecule has 0 radical (unpaired) electrons. The van der Waals surface area contributed by atoms with Gasteiger partial charge in [-0.2, -0.15) is 0 Å². The van der Waals surface area contributed by atoms with Crippen LogP contribution in [0.5, 0.6) is 0 Å². The lowest BCUT2D eigenvalue weighted by Gasteiger charge is -2.16. The van der Waals surface area contributed by atoms with E-state index >= 15 is 0 Å². The molecule has 19 heavy (non-hydrogen) atoms. The molecular weight excluding hydrogens is 350 g/mol. The van der Waals surface area contributed by atoms with Gasteiger partial charge < -0.3 is 5.11 Å². The van der Waals surface area contributed by atoms with Crippen LogP contribution in [0.15, 0.2) is 40.2 Å². The Hall–Kier alpha value is -0.880. The van der Waals surface area contributed by atoms with E-state index in [0.717, 1.165) is 4.88 Å². The van der Waals surface area contributed by atoms with Gasteiger partial charge in [0.15, 0.2) is 0 Å². The van der Waals surface area contributed by atoms with Crippen molar-refractivity contribution in [3.05, 3.63) is 55.6 Å². The average molecular weight is 361 g/mol. The fraction of sp³-hybridized carbons (Fsp3) is 0.154. The van der Waals surface area contributed by atoms with Crippen molar-refractivity contribution >= 4 is 44.8 Å². The lowest BCUT2D eigenvalue weighted by atomic mass is 10.1. The lowest BCUT2D eigenvalue weighted by molar-refractivity contribution is -0.139. The van der Waals surface area contributed by atoms with Crippen molar-refractivity contribution in [2.24, 2.45) is 0 Å². The number of carboxylic acids is 1. The van der Waals surface area contributed by atoms with E-state index in [4.69, 9.17) is 11.6 Å². The van der Waals surface area contributed by atoms with Gasteiger partial charge in [-0.3, -0.25) is 10.1 Å². The van der Waals surface area contributed by atoms with Crippen LogP contribution in [0.25, 0.3) is 0 Å². The molecule has 0 spiro atoms. The minimum absolute atomic E-state index is 0.518. The molecule has 1 aromatic heterocycles. The number of carbonyl (C=O) groups is 1. The van der Waals surface area contributed by atoms with Gasteiger partial charge in [0.2, 0.25) is 0 Å². The summed E-state index contributed by atoms with van der Waals surface area (Å²) in [7, 11) is 0. The summed E-state index contributed by atoms with van der Waals surface area (Å²) in [5, 5.41) is 14.9. The van der Waals surface area contributed by atoms with E-state index in [1.165, 1.54) is 0 Å². The van der Waals surface area contributed by atoms with Crippen molar-refractivity contribution in [1.29, 1.82) is 0 Å². The Labute approximate surface area is 128 Å². The number of rotatable bonds is 5. The third-order valence-electron chi connectivity index (χ3n) is 2.58. The smallest absolute Gasteiger partial charge is 0.325 e. The van der Waals surface area contributed by atoms with Gasteiger partial charge in [0, 0.05) is 20.9 Å². The van der Waals surface area contributed by atoms with Crippen LogP contribution in [0.4, 0.5) is 0 Å². The molecule has 6 heteroatoms. The third kappa shape index (κ3) is 3.79. The second-order valence-corrected chi connectivity index (χ2v) is 6.22. The van der Waals surface area contributed by atoms with Gasteiger partial charge in [0.25, 0.3) is 0 Å². The number of aliphatic carboxylic acids is 1. The molecule has 1 unspecified atom stereocenters. The van der Waals surface area contributed by atoms with Crippen LogP contribution in [0.1, 0.15) is 16.5 Å². The maximum atomic E-state index is 11.4. The van der Waals surface area contributed by atoms with E-state index in [2.05, 4.69) is 21.2 Å². The molecule has 1 heterocycles. The van der Waals surface area contributed by atoms with E-state index in [9.17, 15) is 9.90 Å². The monoisotopic (exact) mass is 359 g/mol. The summed E-state index contributed by atoms with van der Waals surface area (Å²) in [6.07, 6.45) is 0. The molecule has 0 aliphatic heterocycles. The zero-order chi connectivity index (χ0) is 13.8. The molecule has 0 bridgehead atoms. The van der Waals surface area contributed by atoms with Crippen LogP contribution >= 0.6 is 38.9 Å². The van der Waals surface area contributed by atoms with E-state index < -0.39 is 12.0 Å². The first kappa shape index (κ1) is 14.5. The van der Waals surface area contributed by atoms with Crippen LogP contribution in [-0.2, 0) is 11.3 Å². The fourth-order valence-corrected chi connectivity index (χ4v) is 3.25. The van der Waals surface area contributed by atoms with Crippen molar-refractivity contribution < 1.29 is 9.90 Å². The summed E-state index contributed by atoms with van der Waals surface area (Å²) in [5.41, 5.74) is 0.661. The van der Waals surface area contributed by atoms with Crippen LogP contribution in [0, 0.1) is 0 Å². The number of carboxylic acid groups (broad SMARTS) is 1. The number of nitrogens with one attached hydrogen (secondary N) is 1.